The van der Waals surface area contributed by atoms with Crippen molar-refractivity contribution in [1.82, 2.24) is 10.1 Å². The van der Waals surface area contributed by atoms with Crippen LogP contribution in [0, 0.1) is 19.7 Å². The van der Waals surface area contributed by atoms with Crippen LogP contribution in [0.15, 0.2) is 71.3 Å². The number of carbonyl (C=O) groups is 1. The molecule has 0 saturated heterocycles. The Morgan fingerprint density at radius 2 is 1.71 bits per heavy atom. The number of carbonyl (C=O) groups excluding carboxylic acids is 1. The van der Waals surface area contributed by atoms with Crippen LogP contribution >= 0.6 is 0 Å². The van der Waals surface area contributed by atoms with Gasteiger partial charge in [0.2, 0.25) is 5.82 Å². The van der Waals surface area contributed by atoms with Crippen molar-refractivity contribution >= 4 is 11.6 Å². The monoisotopic (exact) mass is 417 g/mol. The van der Waals surface area contributed by atoms with E-state index in [2.05, 4.69) is 15.5 Å². The van der Waals surface area contributed by atoms with E-state index in [4.69, 9.17) is 9.26 Å². The Hall–Kier alpha value is -4.00. The summed E-state index contributed by atoms with van der Waals surface area (Å²) in [5, 5.41) is 6.67. The highest BCUT2D eigenvalue weighted by atomic mass is 19.1. The number of benzene rings is 3. The third-order valence-electron chi connectivity index (χ3n) is 4.68. The zero-order chi connectivity index (χ0) is 21.8. The first-order valence-corrected chi connectivity index (χ1v) is 9.68. The topological polar surface area (TPSA) is 77.2 Å². The Kier molecular flexibility index (Phi) is 5.75. The summed E-state index contributed by atoms with van der Waals surface area (Å²) < 4.78 is 24.2. The van der Waals surface area contributed by atoms with Gasteiger partial charge in [-0.25, -0.2) is 4.39 Å². The number of amides is 1. The Bertz CT molecular complexity index is 1200. The molecule has 31 heavy (non-hydrogen) atoms. The Morgan fingerprint density at radius 3 is 2.45 bits per heavy atom. The number of ether oxygens (including phenoxy) is 1. The van der Waals surface area contributed by atoms with Gasteiger partial charge in [-0.1, -0.05) is 41.1 Å². The van der Waals surface area contributed by atoms with Gasteiger partial charge in [0.05, 0.1) is 0 Å². The van der Waals surface area contributed by atoms with E-state index in [1.165, 1.54) is 12.1 Å². The molecule has 3 aromatic carbocycles. The number of aromatic nitrogens is 2. The number of anilines is 1. The molecular formula is C24H20FN3O3. The largest absolute Gasteiger partial charge is 0.484 e. The fourth-order valence-electron chi connectivity index (χ4n) is 2.92. The van der Waals surface area contributed by atoms with Crippen LogP contribution in [-0.4, -0.2) is 22.7 Å². The molecule has 1 aromatic heterocycles. The maximum atomic E-state index is 13.3. The molecule has 1 N–H and O–H groups in total. The summed E-state index contributed by atoms with van der Waals surface area (Å²) in [5.74, 6) is 0.621. The highest BCUT2D eigenvalue weighted by molar-refractivity contribution is 5.92. The number of hydrogen-bond donors (Lipinski definition) is 1. The maximum absolute atomic E-state index is 13.3. The van der Waals surface area contributed by atoms with Crippen molar-refractivity contribution in [2.45, 2.75) is 13.8 Å². The minimum absolute atomic E-state index is 0.201. The zero-order valence-electron chi connectivity index (χ0n) is 17.1. The maximum Gasteiger partial charge on any atom is 0.262 e. The first kappa shape index (κ1) is 20.3. The van der Waals surface area contributed by atoms with Gasteiger partial charge < -0.3 is 14.6 Å². The fraction of sp³-hybridized carbons (Fsp3) is 0.125. The molecule has 1 heterocycles. The number of nitrogens with zero attached hydrogens (tertiary/aromatic N) is 2. The molecule has 7 heteroatoms. The lowest BCUT2D eigenvalue weighted by atomic mass is 10.1. The second kappa shape index (κ2) is 8.79. The van der Waals surface area contributed by atoms with Gasteiger partial charge in [0, 0.05) is 16.8 Å². The molecular weight excluding hydrogens is 397 g/mol. The quantitative estimate of drug-likeness (QED) is 0.468. The van der Waals surface area contributed by atoms with E-state index in [1.807, 2.05) is 31.2 Å². The lowest BCUT2D eigenvalue weighted by Gasteiger charge is -2.10. The van der Waals surface area contributed by atoms with E-state index in [9.17, 15) is 9.18 Å². The molecule has 0 aliphatic heterocycles. The van der Waals surface area contributed by atoms with Crippen molar-refractivity contribution in [3.63, 3.8) is 0 Å². The molecule has 0 unspecified atom stereocenters. The SMILES string of the molecule is Cc1ccc(-c2noc(-c3ccc(OCC(=O)Nc4cc(F)ccc4C)cc3)n2)cc1. The molecule has 0 atom stereocenters. The Morgan fingerprint density at radius 1 is 1.00 bits per heavy atom. The molecule has 0 fully saturated rings. The van der Waals surface area contributed by atoms with Crippen LogP contribution in [0.1, 0.15) is 11.1 Å². The van der Waals surface area contributed by atoms with E-state index in [0.717, 1.165) is 22.3 Å². The minimum atomic E-state index is -0.413. The molecule has 0 bridgehead atoms. The normalized spacial score (nSPS) is 10.7. The van der Waals surface area contributed by atoms with Gasteiger partial charge in [0.25, 0.3) is 11.8 Å². The van der Waals surface area contributed by atoms with Crippen molar-refractivity contribution in [3.05, 3.63) is 83.7 Å². The van der Waals surface area contributed by atoms with Crippen molar-refractivity contribution in [2.24, 2.45) is 0 Å². The van der Waals surface area contributed by atoms with Crippen LogP contribution in [0.4, 0.5) is 10.1 Å². The van der Waals surface area contributed by atoms with Crippen LogP contribution in [0.2, 0.25) is 0 Å². The van der Waals surface area contributed by atoms with Gasteiger partial charge in [-0.05, 0) is 55.8 Å². The van der Waals surface area contributed by atoms with Gasteiger partial charge in [-0.3, -0.25) is 4.79 Å². The summed E-state index contributed by atoms with van der Waals surface area (Å²) in [7, 11) is 0. The smallest absolute Gasteiger partial charge is 0.262 e. The highest BCUT2D eigenvalue weighted by Gasteiger charge is 2.11. The fourth-order valence-corrected chi connectivity index (χ4v) is 2.92. The van der Waals surface area contributed by atoms with Crippen LogP contribution < -0.4 is 10.1 Å². The standard InChI is InChI=1S/C24H20FN3O3/c1-15-3-6-17(7-4-15)23-27-24(31-28-23)18-8-11-20(12-9-18)30-14-22(29)26-21-13-19(25)10-5-16(21)2/h3-13H,14H2,1-2H3,(H,26,29). The molecule has 1 amide bonds. The van der Waals surface area contributed by atoms with E-state index >= 15 is 0 Å². The van der Waals surface area contributed by atoms with Gasteiger partial charge >= 0.3 is 0 Å². The zero-order valence-corrected chi connectivity index (χ0v) is 17.1. The Balaban J connectivity index is 1.37. The molecule has 4 rings (SSSR count). The van der Waals surface area contributed by atoms with E-state index < -0.39 is 5.82 Å². The van der Waals surface area contributed by atoms with Crippen molar-refractivity contribution in [3.8, 4) is 28.6 Å². The molecule has 0 radical (unpaired) electrons. The molecule has 0 aliphatic rings. The van der Waals surface area contributed by atoms with E-state index in [-0.39, 0.29) is 12.5 Å². The number of hydrogen-bond acceptors (Lipinski definition) is 5. The van der Waals surface area contributed by atoms with Crippen molar-refractivity contribution in [1.29, 1.82) is 0 Å². The first-order valence-electron chi connectivity index (χ1n) is 9.68. The van der Waals surface area contributed by atoms with Crippen LogP contribution in [-0.2, 0) is 4.79 Å². The average molecular weight is 417 g/mol. The van der Waals surface area contributed by atoms with Crippen molar-refractivity contribution < 1.29 is 18.4 Å². The summed E-state index contributed by atoms with van der Waals surface area (Å²) in [6.07, 6.45) is 0. The van der Waals surface area contributed by atoms with E-state index in [0.29, 0.717) is 23.2 Å². The van der Waals surface area contributed by atoms with Gasteiger partial charge in [0.15, 0.2) is 6.61 Å². The first-order chi connectivity index (χ1) is 15.0. The molecule has 0 spiro atoms. The third-order valence-corrected chi connectivity index (χ3v) is 4.68. The predicted octanol–water partition coefficient (Wildman–Crippen LogP) is 5.18. The molecule has 4 aromatic rings. The molecule has 0 aliphatic carbocycles. The lowest BCUT2D eigenvalue weighted by molar-refractivity contribution is -0.118. The van der Waals surface area contributed by atoms with Gasteiger partial charge in [0.1, 0.15) is 11.6 Å². The molecule has 156 valence electrons. The second-order valence-corrected chi connectivity index (χ2v) is 7.11. The molecule has 0 saturated carbocycles. The predicted molar refractivity (Wildman–Crippen MR) is 115 cm³/mol. The summed E-state index contributed by atoms with van der Waals surface area (Å²) in [4.78, 5) is 16.5. The number of nitrogens with one attached hydrogen (secondary N) is 1. The third kappa shape index (κ3) is 4.95. The number of rotatable bonds is 6. The van der Waals surface area contributed by atoms with Crippen LogP contribution in [0.3, 0.4) is 0 Å². The van der Waals surface area contributed by atoms with Crippen LogP contribution in [0.5, 0.6) is 5.75 Å². The number of halogens is 1. The van der Waals surface area contributed by atoms with Crippen LogP contribution in [0.25, 0.3) is 22.8 Å². The number of aryl methyl sites for hydroxylation is 2. The van der Waals surface area contributed by atoms with Gasteiger partial charge in [-0.2, -0.15) is 4.98 Å². The average Bonchev–Trinajstić information content (AvgIpc) is 3.26. The highest BCUT2D eigenvalue weighted by Crippen LogP contribution is 2.24. The second-order valence-electron chi connectivity index (χ2n) is 7.11. The summed E-state index contributed by atoms with van der Waals surface area (Å²) in [5.41, 5.74) is 3.95. The molecule has 6 nitrogen and oxygen atoms in total. The van der Waals surface area contributed by atoms with Crippen molar-refractivity contribution in [2.75, 3.05) is 11.9 Å². The summed E-state index contributed by atoms with van der Waals surface area (Å²) >= 11 is 0. The van der Waals surface area contributed by atoms with Gasteiger partial charge in [-0.15, -0.1) is 0 Å². The lowest BCUT2D eigenvalue weighted by Crippen LogP contribution is -2.20. The minimum Gasteiger partial charge on any atom is -0.484 e. The summed E-state index contributed by atoms with van der Waals surface area (Å²) in [6.45, 7) is 3.60. The summed E-state index contributed by atoms with van der Waals surface area (Å²) in [6, 6.07) is 19.1. The van der Waals surface area contributed by atoms with E-state index in [1.54, 1.807) is 37.3 Å². The Labute approximate surface area is 178 Å².